The van der Waals surface area contributed by atoms with E-state index in [1.807, 2.05) is 37.3 Å². The molecule has 1 atom stereocenters. The topological polar surface area (TPSA) is 94.9 Å². The molecule has 0 saturated carbocycles. The number of benzene rings is 1. The number of hydrogen-bond donors (Lipinski definition) is 1. The van der Waals surface area contributed by atoms with E-state index in [0.29, 0.717) is 22.1 Å². The van der Waals surface area contributed by atoms with Gasteiger partial charge in [0.05, 0.1) is 28.3 Å². The Balaban J connectivity index is 1.69. The molecule has 5 rings (SSSR count). The first kappa shape index (κ1) is 21.1. The maximum Gasteiger partial charge on any atom is 0.261 e. The smallest absolute Gasteiger partial charge is 0.261 e. The molecule has 0 aliphatic rings. The quantitative estimate of drug-likeness (QED) is 0.408. The largest absolute Gasteiger partial charge is 0.377 e. The number of fused-ring (bicyclic) bond motifs is 3. The molecule has 0 bridgehead atoms. The summed E-state index contributed by atoms with van der Waals surface area (Å²) in [5.41, 5.74) is 5.63. The fourth-order valence-corrected chi connectivity index (χ4v) is 4.47. The lowest BCUT2D eigenvalue weighted by Crippen LogP contribution is -2.21. The van der Waals surface area contributed by atoms with Crippen LogP contribution in [0, 0.1) is 13.8 Å². The lowest BCUT2D eigenvalue weighted by atomic mass is 10.0. The molecule has 0 amide bonds. The van der Waals surface area contributed by atoms with Gasteiger partial charge in [-0.1, -0.05) is 17.7 Å². The van der Waals surface area contributed by atoms with Gasteiger partial charge in [0.2, 0.25) is 5.82 Å². The molecule has 4 heterocycles. The molecule has 0 aliphatic heterocycles. The second-order valence-electron chi connectivity index (χ2n) is 8.28. The van der Waals surface area contributed by atoms with Crippen LogP contribution in [0.4, 0.5) is 5.69 Å². The van der Waals surface area contributed by atoms with Crippen molar-refractivity contribution in [3.05, 3.63) is 69.2 Å². The first-order valence-electron chi connectivity index (χ1n) is 10.5. The molecular formula is C23H23ClN8O. The minimum absolute atomic E-state index is 0.0511. The summed E-state index contributed by atoms with van der Waals surface area (Å²) in [5, 5.41) is 8.92. The molecule has 1 aromatic carbocycles. The highest BCUT2D eigenvalue weighted by Gasteiger charge is 2.20. The standard InChI is InChI=1S/C23H23ClN8O/c1-12-8-15(20-16(9-12)23(33)31(5)22-14(3)25-11-32(20)22)13(2)27-17-6-7-18(24)28-19(17)21-26-10-30(4)29-21/h6-11,13,27H,1-5H3. The van der Waals surface area contributed by atoms with Crippen molar-refractivity contribution in [2.45, 2.75) is 26.8 Å². The highest BCUT2D eigenvalue weighted by Crippen LogP contribution is 2.32. The Bertz CT molecular complexity index is 1600. The van der Waals surface area contributed by atoms with E-state index in [1.165, 1.54) is 0 Å². The van der Waals surface area contributed by atoms with Crippen molar-refractivity contribution in [2.75, 3.05) is 5.32 Å². The van der Waals surface area contributed by atoms with Gasteiger partial charge < -0.3 is 5.32 Å². The molecule has 1 N–H and O–H groups in total. The van der Waals surface area contributed by atoms with Crippen LogP contribution in [0.5, 0.6) is 0 Å². The maximum absolute atomic E-state index is 13.2. The molecule has 33 heavy (non-hydrogen) atoms. The normalized spacial score (nSPS) is 12.5. The monoisotopic (exact) mass is 462 g/mol. The van der Waals surface area contributed by atoms with Crippen molar-refractivity contribution in [2.24, 2.45) is 14.1 Å². The molecule has 10 heteroatoms. The first-order valence-corrected chi connectivity index (χ1v) is 10.9. The van der Waals surface area contributed by atoms with Crippen molar-refractivity contribution in [3.8, 4) is 11.5 Å². The predicted molar refractivity (Wildman–Crippen MR) is 129 cm³/mol. The Labute approximate surface area is 194 Å². The van der Waals surface area contributed by atoms with Gasteiger partial charge in [0.25, 0.3) is 5.56 Å². The van der Waals surface area contributed by atoms with Crippen molar-refractivity contribution in [1.29, 1.82) is 0 Å². The molecule has 1 unspecified atom stereocenters. The SMILES string of the molecule is Cc1cc(C(C)Nc2ccc(Cl)nc2-c2ncn(C)n2)c2c(c1)c(=O)n(C)c1c(C)ncn21. The number of hydrogen-bond acceptors (Lipinski definition) is 6. The average molecular weight is 463 g/mol. The number of nitrogens with zero attached hydrogens (tertiary/aromatic N) is 7. The molecule has 168 valence electrons. The molecule has 0 saturated heterocycles. The van der Waals surface area contributed by atoms with E-state index >= 15 is 0 Å². The lowest BCUT2D eigenvalue weighted by Gasteiger charge is -2.21. The van der Waals surface area contributed by atoms with Gasteiger partial charge in [-0.05, 0) is 50.1 Å². The zero-order valence-electron chi connectivity index (χ0n) is 19.0. The van der Waals surface area contributed by atoms with Gasteiger partial charge in [0, 0.05) is 14.1 Å². The molecule has 0 aliphatic carbocycles. The van der Waals surface area contributed by atoms with Crippen LogP contribution in [-0.4, -0.2) is 33.7 Å². The number of halogens is 1. The van der Waals surface area contributed by atoms with Crippen molar-refractivity contribution in [3.63, 3.8) is 0 Å². The van der Waals surface area contributed by atoms with E-state index in [4.69, 9.17) is 11.6 Å². The van der Waals surface area contributed by atoms with E-state index in [1.54, 1.807) is 42.1 Å². The van der Waals surface area contributed by atoms with Crippen molar-refractivity contribution >= 4 is 33.8 Å². The highest BCUT2D eigenvalue weighted by molar-refractivity contribution is 6.29. The molecule has 4 aromatic heterocycles. The van der Waals surface area contributed by atoms with Crippen LogP contribution < -0.4 is 10.9 Å². The Morgan fingerprint density at radius 1 is 1.09 bits per heavy atom. The van der Waals surface area contributed by atoms with Gasteiger partial charge in [0.1, 0.15) is 29.1 Å². The lowest BCUT2D eigenvalue weighted by molar-refractivity contribution is 0.767. The fourth-order valence-electron chi connectivity index (χ4n) is 4.33. The number of aryl methyl sites for hydroxylation is 4. The summed E-state index contributed by atoms with van der Waals surface area (Å²) in [6, 6.07) is 7.44. The van der Waals surface area contributed by atoms with Gasteiger partial charge in [-0.3, -0.25) is 18.4 Å². The molecular weight excluding hydrogens is 440 g/mol. The summed E-state index contributed by atoms with van der Waals surface area (Å²) >= 11 is 6.18. The van der Waals surface area contributed by atoms with E-state index in [-0.39, 0.29) is 11.6 Å². The minimum Gasteiger partial charge on any atom is -0.377 e. The van der Waals surface area contributed by atoms with Crippen LogP contribution in [0.15, 0.2) is 41.7 Å². The second kappa shape index (κ2) is 7.70. The Morgan fingerprint density at radius 3 is 2.61 bits per heavy atom. The summed E-state index contributed by atoms with van der Waals surface area (Å²) in [6.45, 7) is 5.94. The van der Waals surface area contributed by atoms with Crippen molar-refractivity contribution < 1.29 is 0 Å². The molecule has 9 nitrogen and oxygen atoms in total. The van der Waals surface area contributed by atoms with Crippen LogP contribution in [0.2, 0.25) is 5.15 Å². The van der Waals surface area contributed by atoms with Gasteiger partial charge >= 0.3 is 0 Å². The van der Waals surface area contributed by atoms with Crippen LogP contribution in [-0.2, 0) is 14.1 Å². The van der Waals surface area contributed by atoms with Crippen LogP contribution in [0.1, 0.15) is 29.8 Å². The van der Waals surface area contributed by atoms with Gasteiger partial charge in [-0.25, -0.2) is 15.0 Å². The third-order valence-corrected chi connectivity index (χ3v) is 6.02. The van der Waals surface area contributed by atoms with Crippen LogP contribution in [0.25, 0.3) is 28.1 Å². The average Bonchev–Trinajstić information content (AvgIpc) is 3.38. The van der Waals surface area contributed by atoms with Gasteiger partial charge in [-0.15, -0.1) is 5.10 Å². The number of imidazole rings is 1. The van der Waals surface area contributed by atoms with E-state index in [9.17, 15) is 4.79 Å². The Hall–Kier alpha value is -3.72. The molecule has 0 radical (unpaired) electrons. The third kappa shape index (κ3) is 3.45. The molecule has 0 fully saturated rings. The minimum atomic E-state index is -0.171. The molecule has 0 spiro atoms. The number of nitrogens with one attached hydrogen (secondary N) is 1. The van der Waals surface area contributed by atoms with Crippen LogP contribution in [0.3, 0.4) is 0 Å². The zero-order valence-corrected chi connectivity index (χ0v) is 19.7. The van der Waals surface area contributed by atoms with E-state index in [2.05, 4.69) is 31.4 Å². The van der Waals surface area contributed by atoms with E-state index < -0.39 is 0 Å². The predicted octanol–water partition coefficient (Wildman–Crippen LogP) is 3.82. The second-order valence-corrected chi connectivity index (χ2v) is 8.66. The zero-order chi connectivity index (χ0) is 23.4. The number of rotatable bonds is 4. The summed E-state index contributed by atoms with van der Waals surface area (Å²) < 4.78 is 5.26. The first-order chi connectivity index (χ1) is 15.7. The summed E-state index contributed by atoms with van der Waals surface area (Å²) in [5.74, 6) is 0.477. The van der Waals surface area contributed by atoms with Gasteiger partial charge in [0.15, 0.2) is 0 Å². The Morgan fingerprint density at radius 2 is 1.88 bits per heavy atom. The number of aromatic nitrogens is 7. The maximum atomic E-state index is 13.2. The molecule has 5 aromatic rings. The van der Waals surface area contributed by atoms with Crippen molar-refractivity contribution in [1.82, 2.24) is 33.7 Å². The summed E-state index contributed by atoms with van der Waals surface area (Å²) in [7, 11) is 3.58. The summed E-state index contributed by atoms with van der Waals surface area (Å²) in [6.07, 6.45) is 3.39. The van der Waals surface area contributed by atoms with Gasteiger partial charge in [-0.2, -0.15) is 0 Å². The fraction of sp³-hybridized carbons (Fsp3) is 0.261. The Kier molecular flexibility index (Phi) is 4.93. The number of anilines is 1. The number of pyridine rings is 1. The summed E-state index contributed by atoms with van der Waals surface area (Å²) in [4.78, 5) is 26.5. The van der Waals surface area contributed by atoms with E-state index in [0.717, 1.165) is 33.7 Å². The third-order valence-electron chi connectivity index (χ3n) is 5.81. The highest BCUT2D eigenvalue weighted by atomic mass is 35.5. The van der Waals surface area contributed by atoms with Crippen LogP contribution >= 0.6 is 11.6 Å².